The van der Waals surface area contributed by atoms with Gasteiger partial charge in [-0.1, -0.05) is 103 Å². The van der Waals surface area contributed by atoms with Gasteiger partial charge in [0.05, 0.1) is 0 Å². The molecule has 0 aliphatic heterocycles. The van der Waals surface area contributed by atoms with Crippen LogP contribution in [0.4, 0.5) is 0 Å². The molecule has 2 rings (SSSR count). The SMILES string of the molecule is CC/C=C(\C)CCC(CCC)CI=CC/C(=C\Cc1ccccc1)c1ccccc1. The lowest BCUT2D eigenvalue weighted by molar-refractivity contribution is 0.499. The molecule has 0 saturated heterocycles. The summed E-state index contributed by atoms with van der Waals surface area (Å²) in [6.45, 7) is 6.88. The van der Waals surface area contributed by atoms with Crippen molar-refractivity contribution in [3.8, 4) is 0 Å². The van der Waals surface area contributed by atoms with E-state index in [1.807, 2.05) is 0 Å². The highest BCUT2D eigenvalue weighted by Crippen LogP contribution is 2.23. The molecule has 162 valence electrons. The van der Waals surface area contributed by atoms with E-state index in [0.717, 1.165) is 18.8 Å². The Bertz CT molecular complexity index is 784. The first-order valence-corrected chi connectivity index (χ1v) is 14.3. The highest BCUT2D eigenvalue weighted by molar-refractivity contribution is 14.2. The van der Waals surface area contributed by atoms with Crippen molar-refractivity contribution >= 4 is 30.3 Å². The van der Waals surface area contributed by atoms with E-state index in [0.29, 0.717) is 0 Å². The van der Waals surface area contributed by atoms with Crippen LogP contribution >= 0.6 is 20.7 Å². The lowest BCUT2D eigenvalue weighted by Gasteiger charge is -2.14. The molecule has 0 saturated carbocycles. The first-order chi connectivity index (χ1) is 14.7. The second kappa shape index (κ2) is 15.3. The molecular formula is C29H39I. The van der Waals surface area contributed by atoms with Gasteiger partial charge in [-0.2, -0.15) is 0 Å². The van der Waals surface area contributed by atoms with E-state index in [-0.39, 0.29) is 20.7 Å². The monoisotopic (exact) mass is 514 g/mol. The summed E-state index contributed by atoms with van der Waals surface area (Å²) in [5.41, 5.74) is 5.82. The molecule has 1 atom stereocenters. The molecule has 2 aromatic rings. The third-order valence-corrected chi connectivity index (χ3v) is 8.30. The molecule has 0 spiro atoms. The highest BCUT2D eigenvalue weighted by atomic mass is 127. The average molecular weight is 515 g/mol. The van der Waals surface area contributed by atoms with Crippen LogP contribution in [0, 0.1) is 5.92 Å². The van der Waals surface area contributed by atoms with Gasteiger partial charge in [-0.05, 0) is 72.5 Å². The minimum absolute atomic E-state index is 0.154. The third-order valence-electron chi connectivity index (χ3n) is 5.48. The van der Waals surface area contributed by atoms with Gasteiger partial charge in [0, 0.05) is 0 Å². The Kier molecular flexibility index (Phi) is 12.7. The fourth-order valence-corrected chi connectivity index (χ4v) is 6.49. The van der Waals surface area contributed by atoms with Crippen LogP contribution in [0.5, 0.6) is 0 Å². The molecule has 0 amide bonds. The fourth-order valence-electron chi connectivity index (χ4n) is 3.74. The van der Waals surface area contributed by atoms with Crippen LogP contribution in [0.1, 0.15) is 70.4 Å². The number of allylic oxidation sites excluding steroid dienone is 4. The van der Waals surface area contributed by atoms with Crippen molar-refractivity contribution in [3.63, 3.8) is 0 Å². The van der Waals surface area contributed by atoms with Gasteiger partial charge in [0.1, 0.15) is 0 Å². The molecule has 0 aromatic heterocycles. The van der Waals surface area contributed by atoms with Crippen molar-refractivity contribution in [2.45, 2.75) is 65.7 Å². The molecule has 30 heavy (non-hydrogen) atoms. The summed E-state index contributed by atoms with van der Waals surface area (Å²) in [7, 11) is 0. The Labute approximate surface area is 195 Å². The van der Waals surface area contributed by atoms with Crippen LogP contribution in [0.2, 0.25) is 0 Å². The Hall–Kier alpha value is -1.48. The number of rotatable bonds is 13. The lowest BCUT2D eigenvalue weighted by Crippen LogP contribution is -2.02. The maximum Gasteiger partial charge on any atom is -0.00266 e. The van der Waals surface area contributed by atoms with E-state index >= 15 is 0 Å². The second-order valence-electron chi connectivity index (χ2n) is 8.10. The minimum Gasteiger partial charge on any atom is -0.127 e. The maximum atomic E-state index is 2.63. The molecule has 0 aliphatic carbocycles. The number of hydrogen-bond acceptors (Lipinski definition) is 0. The van der Waals surface area contributed by atoms with Crippen LogP contribution in [0.15, 0.2) is 78.4 Å². The van der Waals surface area contributed by atoms with Crippen LogP contribution in [-0.2, 0) is 6.42 Å². The summed E-state index contributed by atoms with van der Waals surface area (Å²) in [6, 6.07) is 21.7. The molecule has 0 nitrogen and oxygen atoms in total. The fraction of sp³-hybridized carbons (Fsp3) is 0.414. The van der Waals surface area contributed by atoms with Gasteiger partial charge < -0.3 is 0 Å². The van der Waals surface area contributed by atoms with Crippen molar-refractivity contribution in [3.05, 3.63) is 89.5 Å². The molecule has 0 aliphatic rings. The summed E-state index contributed by atoms with van der Waals surface area (Å²) in [5, 5.41) is 0. The molecule has 0 radical (unpaired) electrons. The van der Waals surface area contributed by atoms with Crippen molar-refractivity contribution in [1.82, 2.24) is 0 Å². The summed E-state index contributed by atoms with van der Waals surface area (Å²) in [6.07, 6.45) is 13.5. The highest BCUT2D eigenvalue weighted by Gasteiger charge is 2.07. The van der Waals surface area contributed by atoms with Gasteiger partial charge in [0.25, 0.3) is 0 Å². The van der Waals surface area contributed by atoms with Gasteiger partial charge in [-0.3, -0.25) is 0 Å². The first kappa shape index (κ1) is 24.8. The predicted octanol–water partition coefficient (Wildman–Crippen LogP) is 9.03. The molecule has 1 unspecified atom stereocenters. The van der Waals surface area contributed by atoms with Gasteiger partial charge in [0.15, 0.2) is 0 Å². The van der Waals surface area contributed by atoms with Crippen molar-refractivity contribution in [2.24, 2.45) is 5.92 Å². The zero-order valence-electron chi connectivity index (χ0n) is 19.1. The Morgan fingerprint density at radius 3 is 2.27 bits per heavy atom. The molecule has 0 bridgehead atoms. The van der Waals surface area contributed by atoms with Crippen LogP contribution in [-0.4, -0.2) is 8.44 Å². The Morgan fingerprint density at radius 2 is 1.60 bits per heavy atom. The summed E-state index contributed by atoms with van der Waals surface area (Å²) >= 11 is 0.154. The maximum absolute atomic E-state index is 2.63. The molecular weight excluding hydrogens is 475 g/mol. The van der Waals surface area contributed by atoms with Gasteiger partial charge in [-0.15, -0.1) is 20.7 Å². The topological polar surface area (TPSA) is 0 Å². The molecule has 1 heteroatoms. The van der Waals surface area contributed by atoms with E-state index in [9.17, 15) is 0 Å². The standard InChI is InChI=1S/C29H39I/c1-4-12-25(3)18-19-27(13-5-2)24-30-23-22-29(28-16-10-7-11-17-28)21-20-26-14-8-6-9-15-26/h6-12,14-17,21,23,27H,4-5,13,18-20,22,24H2,1-3H3/b25-12+,29-21+. The molecule has 0 heterocycles. The van der Waals surface area contributed by atoms with Crippen molar-refractivity contribution in [2.75, 3.05) is 4.43 Å². The molecule has 0 N–H and O–H groups in total. The van der Waals surface area contributed by atoms with Gasteiger partial charge in [0.2, 0.25) is 0 Å². The second-order valence-corrected chi connectivity index (χ2v) is 10.7. The molecule has 2 aromatic carbocycles. The van der Waals surface area contributed by atoms with E-state index in [1.165, 1.54) is 53.2 Å². The summed E-state index contributed by atoms with van der Waals surface area (Å²) in [4.78, 5) is 0. The number of benzene rings is 2. The van der Waals surface area contributed by atoms with Crippen LogP contribution in [0.25, 0.3) is 5.57 Å². The quantitative estimate of drug-likeness (QED) is 0.142. The number of alkyl halides is 1. The number of halogens is 1. The third kappa shape index (κ3) is 10.0. The van der Waals surface area contributed by atoms with Gasteiger partial charge >= 0.3 is 0 Å². The largest absolute Gasteiger partial charge is 0.127 e. The van der Waals surface area contributed by atoms with Crippen molar-refractivity contribution < 1.29 is 0 Å². The van der Waals surface area contributed by atoms with Gasteiger partial charge in [-0.25, -0.2) is 0 Å². The van der Waals surface area contributed by atoms with Crippen LogP contribution in [0.3, 0.4) is 0 Å². The van der Waals surface area contributed by atoms with E-state index in [1.54, 1.807) is 5.57 Å². The normalized spacial score (nSPS) is 14.0. The lowest BCUT2D eigenvalue weighted by atomic mass is 9.97. The van der Waals surface area contributed by atoms with E-state index < -0.39 is 0 Å². The first-order valence-electron chi connectivity index (χ1n) is 11.6. The average Bonchev–Trinajstić information content (AvgIpc) is 2.78. The molecule has 0 fully saturated rings. The van der Waals surface area contributed by atoms with E-state index in [2.05, 4.69) is 97.6 Å². The zero-order chi connectivity index (χ0) is 21.4. The van der Waals surface area contributed by atoms with Crippen LogP contribution < -0.4 is 0 Å². The number of hydrogen-bond donors (Lipinski definition) is 0. The predicted molar refractivity (Wildman–Crippen MR) is 146 cm³/mol. The Morgan fingerprint density at radius 1 is 0.900 bits per heavy atom. The Balaban J connectivity index is 1.97. The minimum atomic E-state index is 0.154. The van der Waals surface area contributed by atoms with E-state index in [4.69, 9.17) is 0 Å². The zero-order valence-corrected chi connectivity index (χ0v) is 21.3. The summed E-state index contributed by atoms with van der Waals surface area (Å²) < 4.78 is 4.06. The van der Waals surface area contributed by atoms with Crippen molar-refractivity contribution in [1.29, 1.82) is 0 Å². The summed E-state index contributed by atoms with van der Waals surface area (Å²) in [5.74, 6) is 0.910. The smallest absolute Gasteiger partial charge is 0.00266 e.